The van der Waals surface area contributed by atoms with Crippen molar-refractivity contribution in [2.45, 2.75) is 45.2 Å². The number of piperazine rings is 1. The minimum Gasteiger partial charge on any atom is -0.309 e. The van der Waals surface area contributed by atoms with Crippen LogP contribution in [0.4, 0.5) is 0 Å². The standard InChI is InChI=1S/C14H23N3S/c1-3-12-8-15-13(18-12)9-17-7-6-16-14(2,10-17)11-4-5-11/h8,11,16H,3-7,9-10H2,1-2H3. The van der Waals surface area contributed by atoms with E-state index >= 15 is 0 Å². The molecule has 1 saturated heterocycles. The van der Waals surface area contributed by atoms with E-state index in [4.69, 9.17) is 0 Å². The normalized spacial score (nSPS) is 29.7. The average Bonchev–Trinajstić information content (AvgIpc) is 3.12. The molecule has 1 saturated carbocycles. The van der Waals surface area contributed by atoms with Gasteiger partial charge in [0.2, 0.25) is 0 Å². The maximum atomic E-state index is 4.55. The van der Waals surface area contributed by atoms with Gasteiger partial charge in [-0.2, -0.15) is 0 Å². The van der Waals surface area contributed by atoms with E-state index in [1.807, 2.05) is 17.5 Å². The van der Waals surface area contributed by atoms with Crippen molar-refractivity contribution in [1.82, 2.24) is 15.2 Å². The zero-order valence-corrected chi connectivity index (χ0v) is 12.2. The molecular weight excluding hydrogens is 242 g/mol. The highest BCUT2D eigenvalue weighted by molar-refractivity contribution is 7.11. The first-order valence-electron chi connectivity index (χ1n) is 7.10. The molecule has 3 rings (SSSR count). The lowest BCUT2D eigenvalue weighted by molar-refractivity contribution is 0.121. The zero-order valence-electron chi connectivity index (χ0n) is 11.4. The summed E-state index contributed by atoms with van der Waals surface area (Å²) in [6, 6.07) is 0. The highest BCUT2D eigenvalue weighted by Crippen LogP contribution is 2.40. The summed E-state index contributed by atoms with van der Waals surface area (Å²) in [4.78, 5) is 8.53. The minimum atomic E-state index is 0.350. The molecule has 0 spiro atoms. The van der Waals surface area contributed by atoms with Gasteiger partial charge in [0, 0.05) is 36.2 Å². The second kappa shape index (κ2) is 4.91. The predicted molar refractivity (Wildman–Crippen MR) is 75.9 cm³/mol. The predicted octanol–water partition coefficient (Wildman–Crippen LogP) is 2.28. The monoisotopic (exact) mass is 265 g/mol. The molecule has 0 amide bonds. The van der Waals surface area contributed by atoms with Crippen molar-refractivity contribution in [2.75, 3.05) is 19.6 Å². The van der Waals surface area contributed by atoms with Crippen LogP contribution in [-0.2, 0) is 13.0 Å². The minimum absolute atomic E-state index is 0.350. The summed E-state index contributed by atoms with van der Waals surface area (Å²) in [5.41, 5.74) is 0.350. The Morgan fingerprint density at radius 2 is 2.39 bits per heavy atom. The summed E-state index contributed by atoms with van der Waals surface area (Å²) in [5.74, 6) is 0.905. The molecule has 100 valence electrons. The van der Waals surface area contributed by atoms with E-state index in [9.17, 15) is 0 Å². The fourth-order valence-corrected chi connectivity index (χ4v) is 3.91. The molecule has 4 heteroatoms. The molecule has 0 bridgehead atoms. The molecule has 2 fully saturated rings. The van der Waals surface area contributed by atoms with Gasteiger partial charge in [-0.1, -0.05) is 6.92 Å². The van der Waals surface area contributed by atoms with E-state index in [1.165, 1.54) is 29.3 Å². The van der Waals surface area contributed by atoms with Crippen LogP contribution in [0.3, 0.4) is 0 Å². The maximum absolute atomic E-state index is 4.55. The van der Waals surface area contributed by atoms with E-state index in [2.05, 4.69) is 29.0 Å². The number of rotatable bonds is 4. The number of hydrogen-bond acceptors (Lipinski definition) is 4. The van der Waals surface area contributed by atoms with Crippen LogP contribution in [0.25, 0.3) is 0 Å². The van der Waals surface area contributed by atoms with Crippen molar-refractivity contribution in [1.29, 1.82) is 0 Å². The Hall–Kier alpha value is -0.450. The number of nitrogens with zero attached hydrogens (tertiary/aromatic N) is 2. The lowest BCUT2D eigenvalue weighted by Gasteiger charge is -2.41. The maximum Gasteiger partial charge on any atom is 0.107 e. The summed E-state index contributed by atoms with van der Waals surface area (Å²) >= 11 is 1.88. The Labute approximate surface area is 114 Å². The third-order valence-electron chi connectivity index (χ3n) is 4.30. The first-order valence-corrected chi connectivity index (χ1v) is 7.92. The second-order valence-electron chi connectivity index (χ2n) is 5.90. The molecule has 3 nitrogen and oxygen atoms in total. The number of aryl methyl sites for hydroxylation is 1. The van der Waals surface area contributed by atoms with Crippen molar-refractivity contribution in [3.05, 3.63) is 16.1 Å². The van der Waals surface area contributed by atoms with Gasteiger partial charge >= 0.3 is 0 Å². The molecule has 0 aromatic carbocycles. The third kappa shape index (κ3) is 2.60. The molecule has 1 N–H and O–H groups in total. The Balaban J connectivity index is 1.62. The van der Waals surface area contributed by atoms with Crippen molar-refractivity contribution in [3.8, 4) is 0 Å². The lowest BCUT2D eigenvalue weighted by atomic mass is 9.93. The smallest absolute Gasteiger partial charge is 0.107 e. The Morgan fingerprint density at radius 1 is 1.56 bits per heavy atom. The van der Waals surface area contributed by atoms with Gasteiger partial charge in [0.25, 0.3) is 0 Å². The quantitative estimate of drug-likeness (QED) is 0.905. The molecule has 1 aliphatic heterocycles. The van der Waals surface area contributed by atoms with Crippen LogP contribution in [0.5, 0.6) is 0 Å². The molecule has 1 aliphatic carbocycles. The SMILES string of the molecule is CCc1cnc(CN2CCNC(C)(C3CC3)C2)s1. The van der Waals surface area contributed by atoms with Crippen LogP contribution in [-0.4, -0.2) is 35.1 Å². The fourth-order valence-electron chi connectivity index (χ4n) is 3.00. The van der Waals surface area contributed by atoms with Crippen LogP contribution in [0.2, 0.25) is 0 Å². The molecule has 1 aromatic heterocycles. The number of thiazole rings is 1. The summed E-state index contributed by atoms with van der Waals surface area (Å²) < 4.78 is 0. The lowest BCUT2D eigenvalue weighted by Crippen LogP contribution is -2.59. The Kier molecular flexibility index (Phi) is 3.43. The molecular formula is C14H23N3S. The molecule has 1 aromatic rings. The first kappa shape index (κ1) is 12.6. The molecule has 2 aliphatic rings. The van der Waals surface area contributed by atoms with E-state index in [1.54, 1.807) is 0 Å². The highest BCUT2D eigenvalue weighted by atomic mass is 32.1. The van der Waals surface area contributed by atoms with Crippen molar-refractivity contribution in [2.24, 2.45) is 5.92 Å². The van der Waals surface area contributed by atoms with E-state index < -0.39 is 0 Å². The Morgan fingerprint density at radius 3 is 3.06 bits per heavy atom. The first-order chi connectivity index (χ1) is 8.69. The third-order valence-corrected chi connectivity index (χ3v) is 5.42. The van der Waals surface area contributed by atoms with Gasteiger partial charge in [0.1, 0.15) is 5.01 Å². The van der Waals surface area contributed by atoms with Gasteiger partial charge in [-0.15, -0.1) is 11.3 Å². The Bertz CT molecular complexity index is 413. The average molecular weight is 265 g/mol. The summed E-state index contributed by atoms with van der Waals surface area (Å²) in [7, 11) is 0. The topological polar surface area (TPSA) is 28.2 Å². The molecule has 1 unspecified atom stereocenters. The van der Waals surface area contributed by atoms with Crippen LogP contribution in [0.1, 0.15) is 36.6 Å². The number of nitrogens with one attached hydrogen (secondary N) is 1. The highest BCUT2D eigenvalue weighted by Gasteiger charge is 2.43. The van der Waals surface area contributed by atoms with E-state index in [0.29, 0.717) is 5.54 Å². The molecule has 2 heterocycles. The van der Waals surface area contributed by atoms with Gasteiger partial charge in [0.15, 0.2) is 0 Å². The van der Waals surface area contributed by atoms with Gasteiger partial charge in [0.05, 0.1) is 6.54 Å². The van der Waals surface area contributed by atoms with Crippen molar-refractivity contribution >= 4 is 11.3 Å². The van der Waals surface area contributed by atoms with E-state index in [-0.39, 0.29) is 0 Å². The van der Waals surface area contributed by atoms with Crippen molar-refractivity contribution in [3.63, 3.8) is 0 Å². The number of aromatic nitrogens is 1. The van der Waals surface area contributed by atoms with Crippen LogP contribution in [0, 0.1) is 5.92 Å². The summed E-state index contributed by atoms with van der Waals surface area (Å²) in [5, 5.41) is 5.02. The van der Waals surface area contributed by atoms with Crippen molar-refractivity contribution < 1.29 is 0 Å². The van der Waals surface area contributed by atoms with Gasteiger partial charge < -0.3 is 5.32 Å². The molecule has 0 radical (unpaired) electrons. The van der Waals surface area contributed by atoms with Crippen LogP contribution < -0.4 is 5.32 Å². The van der Waals surface area contributed by atoms with Crippen LogP contribution in [0.15, 0.2) is 6.20 Å². The van der Waals surface area contributed by atoms with E-state index in [0.717, 1.165) is 32.0 Å². The molecule has 1 atom stereocenters. The zero-order chi connectivity index (χ0) is 12.6. The fraction of sp³-hybridized carbons (Fsp3) is 0.786. The summed E-state index contributed by atoms with van der Waals surface area (Å²) in [6.45, 7) is 9.10. The second-order valence-corrected chi connectivity index (χ2v) is 7.10. The number of hydrogen-bond donors (Lipinski definition) is 1. The largest absolute Gasteiger partial charge is 0.309 e. The van der Waals surface area contributed by atoms with Crippen LogP contribution >= 0.6 is 11.3 Å². The molecule has 18 heavy (non-hydrogen) atoms. The van der Waals surface area contributed by atoms with Gasteiger partial charge in [-0.05, 0) is 32.1 Å². The van der Waals surface area contributed by atoms with Gasteiger partial charge in [-0.3, -0.25) is 4.90 Å². The summed E-state index contributed by atoms with van der Waals surface area (Å²) in [6.07, 6.45) is 5.98. The van der Waals surface area contributed by atoms with Gasteiger partial charge in [-0.25, -0.2) is 4.98 Å².